The number of hydrogen-bond acceptors (Lipinski definition) is 7. The number of carbonyl (C=O) groups is 1. The van der Waals surface area contributed by atoms with E-state index in [-0.39, 0.29) is 5.91 Å². The molecule has 0 aliphatic carbocycles. The number of unbranched alkanes of at least 4 members (excludes halogenated alkanes) is 1. The summed E-state index contributed by atoms with van der Waals surface area (Å²) in [7, 11) is 0. The molecular formula is C20H29N5O2S. The number of thiophene rings is 1. The molecule has 0 N–H and O–H groups in total. The summed E-state index contributed by atoms with van der Waals surface area (Å²) in [5.41, 5.74) is 0.879. The van der Waals surface area contributed by atoms with Crippen LogP contribution in [0.3, 0.4) is 0 Å². The van der Waals surface area contributed by atoms with E-state index >= 15 is 0 Å². The summed E-state index contributed by atoms with van der Waals surface area (Å²) in [5, 5.41) is 3.11. The van der Waals surface area contributed by atoms with Gasteiger partial charge >= 0.3 is 0 Å². The average Bonchev–Trinajstić information content (AvgIpc) is 3.13. The molecule has 0 saturated carbocycles. The van der Waals surface area contributed by atoms with Gasteiger partial charge in [-0.3, -0.25) is 9.69 Å². The van der Waals surface area contributed by atoms with Gasteiger partial charge < -0.3 is 14.5 Å². The molecule has 0 radical (unpaired) electrons. The fourth-order valence-electron chi connectivity index (χ4n) is 3.89. The van der Waals surface area contributed by atoms with Gasteiger partial charge in [-0.1, -0.05) is 13.3 Å². The predicted octanol–water partition coefficient (Wildman–Crippen LogP) is 2.39. The van der Waals surface area contributed by atoms with E-state index in [0.717, 1.165) is 62.5 Å². The molecule has 2 aromatic rings. The normalized spacial score (nSPS) is 18.8. The van der Waals surface area contributed by atoms with Gasteiger partial charge in [0.2, 0.25) is 5.82 Å². The highest BCUT2D eigenvalue weighted by atomic mass is 32.1. The Balaban J connectivity index is 1.56. The number of rotatable bonds is 5. The number of fused-ring (bicyclic) bond motifs is 1. The van der Waals surface area contributed by atoms with Gasteiger partial charge in [0.05, 0.1) is 24.1 Å². The van der Waals surface area contributed by atoms with Crippen molar-refractivity contribution in [2.45, 2.75) is 26.7 Å². The van der Waals surface area contributed by atoms with Crippen LogP contribution in [0.15, 0.2) is 5.38 Å². The summed E-state index contributed by atoms with van der Waals surface area (Å²) in [5.74, 6) is 1.17. The van der Waals surface area contributed by atoms with Crippen LogP contribution < -0.4 is 4.90 Å². The molecule has 4 heterocycles. The van der Waals surface area contributed by atoms with Crippen LogP contribution in [-0.2, 0) is 4.74 Å². The zero-order valence-electron chi connectivity index (χ0n) is 16.8. The van der Waals surface area contributed by atoms with E-state index in [2.05, 4.69) is 28.6 Å². The second-order valence-electron chi connectivity index (χ2n) is 7.51. The van der Waals surface area contributed by atoms with Crippen LogP contribution in [0.5, 0.6) is 0 Å². The maximum Gasteiger partial charge on any atom is 0.291 e. The van der Waals surface area contributed by atoms with Gasteiger partial charge in [-0.15, -0.1) is 11.3 Å². The summed E-state index contributed by atoms with van der Waals surface area (Å²) in [6.07, 6.45) is 2.42. The standard InChI is InChI=1S/C20H29N5O2S/c1-3-4-5-23-6-8-25(9-7-23)20(26)18-21-16-14-28-15(2)17(16)19(22-18)24-10-12-27-13-11-24/h14H,3-13H2,1-2H3. The molecule has 0 unspecified atom stereocenters. The molecule has 0 spiro atoms. The summed E-state index contributed by atoms with van der Waals surface area (Å²) >= 11 is 1.67. The summed E-state index contributed by atoms with van der Waals surface area (Å²) in [4.78, 5) is 30.3. The molecule has 8 heteroatoms. The Morgan fingerprint density at radius 2 is 1.89 bits per heavy atom. The number of aryl methyl sites for hydroxylation is 1. The van der Waals surface area contributed by atoms with E-state index in [1.807, 2.05) is 10.3 Å². The van der Waals surface area contributed by atoms with Crippen molar-refractivity contribution >= 4 is 34.0 Å². The second-order valence-corrected chi connectivity index (χ2v) is 8.59. The Labute approximate surface area is 170 Å². The minimum Gasteiger partial charge on any atom is -0.378 e. The van der Waals surface area contributed by atoms with E-state index in [1.165, 1.54) is 17.7 Å². The molecule has 2 fully saturated rings. The fourth-order valence-corrected chi connectivity index (χ4v) is 4.66. The van der Waals surface area contributed by atoms with Gasteiger partial charge in [-0.25, -0.2) is 9.97 Å². The Morgan fingerprint density at radius 3 is 2.61 bits per heavy atom. The SMILES string of the molecule is CCCCN1CCN(C(=O)c2nc(N3CCOCC3)c3c(C)scc3n2)CC1. The molecule has 2 aliphatic heterocycles. The van der Waals surface area contributed by atoms with Crippen LogP contribution in [0.4, 0.5) is 5.82 Å². The molecule has 4 rings (SSSR count). The van der Waals surface area contributed by atoms with Crippen LogP contribution in [0.25, 0.3) is 10.9 Å². The summed E-state index contributed by atoms with van der Waals surface area (Å²) in [6.45, 7) is 11.8. The lowest BCUT2D eigenvalue weighted by Gasteiger charge is -2.34. The number of amides is 1. The van der Waals surface area contributed by atoms with Gasteiger partial charge in [-0.05, 0) is 19.9 Å². The van der Waals surface area contributed by atoms with E-state index in [9.17, 15) is 4.79 Å². The number of nitrogens with zero attached hydrogens (tertiary/aromatic N) is 5. The van der Waals surface area contributed by atoms with Gasteiger partial charge in [0.1, 0.15) is 5.82 Å². The van der Waals surface area contributed by atoms with Crippen molar-refractivity contribution < 1.29 is 9.53 Å². The molecule has 28 heavy (non-hydrogen) atoms. The largest absolute Gasteiger partial charge is 0.378 e. The molecule has 2 saturated heterocycles. The van der Waals surface area contributed by atoms with Crippen LogP contribution in [0, 0.1) is 6.92 Å². The zero-order chi connectivity index (χ0) is 19.5. The lowest BCUT2D eigenvalue weighted by molar-refractivity contribution is 0.0624. The molecule has 0 atom stereocenters. The summed E-state index contributed by atoms with van der Waals surface area (Å²) in [6, 6.07) is 0. The highest BCUT2D eigenvalue weighted by Crippen LogP contribution is 2.32. The van der Waals surface area contributed by atoms with E-state index in [1.54, 1.807) is 11.3 Å². The first kappa shape index (κ1) is 19.5. The fraction of sp³-hybridized carbons (Fsp3) is 0.650. The van der Waals surface area contributed by atoms with Gasteiger partial charge in [0, 0.05) is 49.5 Å². The van der Waals surface area contributed by atoms with Crippen molar-refractivity contribution in [2.75, 3.05) is 63.9 Å². The van der Waals surface area contributed by atoms with E-state index < -0.39 is 0 Å². The molecule has 1 amide bonds. The number of hydrogen-bond donors (Lipinski definition) is 0. The third kappa shape index (κ3) is 3.99. The molecular weight excluding hydrogens is 374 g/mol. The van der Waals surface area contributed by atoms with Crippen molar-refractivity contribution in [2.24, 2.45) is 0 Å². The number of anilines is 1. The maximum absolute atomic E-state index is 13.1. The molecule has 7 nitrogen and oxygen atoms in total. The smallest absolute Gasteiger partial charge is 0.291 e. The Bertz CT molecular complexity index is 825. The highest BCUT2D eigenvalue weighted by molar-refractivity contribution is 7.11. The average molecular weight is 404 g/mol. The van der Waals surface area contributed by atoms with Crippen LogP contribution in [0.2, 0.25) is 0 Å². The van der Waals surface area contributed by atoms with Gasteiger partial charge in [0.25, 0.3) is 5.91 Å². The van der Waals surface area contributed by atoms with Crippen molar-refractivity contribution in [1.29, 1.82) is 0 Å². The predicted molar refractivity (Wildman–Crippen MR) is 112 cm³/mol. The number of carbonyl (C=O) groups excluding carboxylic acids is 1. The third-order valence-electron chi connectivity index (χ3n) is 5.61. The van der Waals surface area contributed by atoms with Crippen LogP contribution >= 0.6 is 11.3 Å². The summed E-state index contributed by atoms with van der Waals surface area (Å²) < 4.78 is 5.49. The number of piperazine rings is 1. The quantitative estimate of drug-likeness (QED) is 0.764. The molecule has 2 aliphatic rings. The number of morpholine rings is 1. The third-order valence-corrected chi connectivity index (χ3v) is 6.51. The van der Waals surface area contributed by atoms with E-state index in [4.69, 9.17) is 9.72 Å². The maximum atomic E-state index is 13.1. The second kappa shape index (κ2) is 8.71. The Kier molecular flexibility index (Phi) is 6.08. The van der Waals surface area contributed by atoms with Gasteiger partial charge in [-0.2, -0.15) is 0 Å². The lowest BCUT2D eigenvalue weighted by atomic mass is 10.2. The molecule has 152 valence electrons. The van der Waals surface area contributed by atoms with Crippen molar-refractivity contribution in [1.82, 2.24) is 19.8 Å². The molecule has 0 bridgehead atoms. The van der Waals surface area contributed by atoms with Crippen molar-refractivity contribution in [3.63, 3.8) is 0 Å². The first-order chi connectivity index (χ1) is 13.7. The first-order valence-corrected chi connectivity index (χ1v) is 11.2. The van der Waals surface area contributed by atoms with Crippen molar-refractivity contribution in [3.05, 3.63) is 16.1 Å². The first-order valence-electron chi connectivity index (χ1n) is 10.3. The van der Waals surface area contributed by atoms with E-state index in [0.29, 0.717) is 19.0 Å². The topological polar surface area (TPSA) is 61.8 Å². The lowest BCUT2D eigenvalue weighted by Crippen LogP contribution is -2.49. The monoisotopic (exact) mass is 403 g/mol. The van der Waals surface area contributed by atoms with Crippen LogP contribution in [-0.4, -0.2) is 84.7 Å². The minimum absolute atomic E-state index is 0.0459. The molecule has 2 aromatic heterocycles. The minimum atomic E-state index is -0.0459. The Hall–Kier alpha value is -1.77. The number of aromatic nitrogens is 2. The molecule has 0 aromatic carbocycles. The Morgan fingerprint density at radius 1 is 1.14 bits per heavy atom. The van der Waals surface area contributed by atoms with Gasteiger partial charge in [0.15, 0.2) is 0 Å². The number of ether oxygens (including phenoxy) is 1. The highest BCUT2D eigenvalue weighted by Gasteiger charge is 2.27. The van der Waals surface area contributed by atoms with Crippen LogP contribution in [0.1, 0.15) is 35.3 Å². The van der Waals surface area contributed by atoms with Crippen molar-refractivity contribution in [3.8, 4) is 0 Å². The zero-order valence-corrected chi connectivity index (χ0v) is 17.6.